The predicted molar refractivity (Wildman–Crippen MR) is 159 cm³/mol. The highest BCUT2D eigenvalue weighted by Gasteiger charge is 2.36. The molecule has 0 atom stereocenters. The lowest BCUT2D eigenvalue weighted by atomic mass is 9.99. The van der Waals surface area contributed by atoms with Crippen LogP contribution in [-0.4, -0.2) is 39.3 Å². The Hall–Kier alpha value is -4.84. The lowest BCUT2D eigenvalue weighted by molar-refractivity contribution is 0.00761. The van der Waals surface area contributed by atoms with Gasteiger partial charge in [0.25, 0.3) is 0 Å². The molecule has 0 aromatic heterocycles. The summed E-state index contributed by atoms with van der Waals surface area (Å²) in [7, 11) is 0. The summed E-state index contributed by atoms with van der Waals surface area (Å²) >= 11 is 0. The van der Waals surface area contributed by atoms with Crippen LogP contribution in [0, 0.1) is 12.7 Å². The Kier molecular flexibility index (Phi) is 9.32. The standard InChI is InChI=1S/C30H37FN6O5/c1-18-10-15-22(31)23(17-18)35-26(38)34-20-13-11-19(12-14-20)21-9-8-16-36(33)24(21)25(32)37(27(39)41-29(2,3)4)28(40)42-30(5,6)7/h8-17H,32-33H2,1-7H3,(H2,34,35,38)/b25-24+. The summed E-state index contributed by atoms with van der Waals surface area (Å²) in [5, 5.41) is 6.30. The van der Waals surface area contributed by atoms with E-state index in [0.717, 1.165) is 5.56 Å². The smallest absolute Gasteiger partial charge is 0.425 e. The molecule has 0 fully saturated rings. The van der Waals surface area contributed by atoms with Crippen molar-refractivity contribution in [3.8, 4) is 0 Å². The maximum absolute atomic E-state index is 14.0. The van der Waals surface area contributed by atoms with Crippen molar-refractivity contribution in [1.82, 2.24) is 9.91 Å². The van der Waals surface area contributed by atoms with Crippen LogP contribution in [0.2, 0.25) is 0 Å². The van der Waals surface area contributed by atoms with E-state index in [0.29, 0.717) is 21.7 Å². The van der Waals surface area contributed by atoms with Gasteiger partial charge in [-0.05, 0) is 89.9 Å². The van der Waals surface area contributed by atoms with Crippen molar-refractivity contribution in [3.63, 3.8) is 0 Å². The predicted octanol–water partition coefficient (Wildman–Crippen LogP) is 6.16. The Morgan fingerprint density at radius 1 is 0.905 bits per heavy atom. The van der Waals surface area contributed by atoms with Gasteiger partial charge in [0.2, 0.25) is 0 Å². The van der Waals surface area contributed by atoms with Crippen LogP contribution in [0.5, 0.6) is 0 Å². The number of benzene rings is 2. The molecule has 224 valence electrons. The highest BCUT2D eigenvalue weighted by Crippen LogP contribution is 2.32. The molecular weight excluding hydrogens is 543 g/mol. The second-order valence-electron chi connectivity index (χ2n) is 11.5. The van der Waals surface area contributed by atoms with E-state index in [1.54, 1.807) is 91.0 Å². The van der Waals surface area contributed by atoms with Gasteiger partial charge in [-0.15, -0.1) is 0 Å². The Morgan fingerprint density at radius 3 is 2.02 bits per heavy atom. The Labute approximate surface area is 244 Å². The van der Waals surface area contributed by atoms with Crippen molar-refractivity contribution < 1.29 is 28.2 Å². The molecule has 0 spiro atoms. The van der Waals surface area contributed by atoms with Gasteiger partial charge in [-0.3, -0.25) is 5.01 Å². The van der Waals surface area contributed by atoms with Crippen molar-refractivity contribution in [1.29, 1.82) is 0 Å². The average Bonchev–Trinajstić information content (AvgIpc) is 2.84. The number of carbonyl (C=O) groups is 3. The number of urea groups is 1. The molecule has 0 aliphatic carbocycles. The van der Waals surface area contributed by atoms with E-state index < -0.39 is 35.2 Å². The number of nitrogens with two attached hydrogens (primary N) is 2. The van der Waals surface area contributed by atoms with Crippen LogP contribution in [0.1, 0.15) is 52.7 Å². The number of amides is 4. The minimum absolute atomic E-state index is 0.0519. The van der Waals surface area contributed by atoms with Gasteiger partial charge in [0.05, 0.1) is 5.69 Å². The summed E-state index contributed by atoms with van der Waals surface area (Å²) in [4.78, 5) is 39.4. The number of aryl methyl sites for hydroxylation is 1. The van der Waals surface area contributed by atoms with Crippen LogP contribution in [0.4, 0.5) is 30.1 Å². The summed E-state index contributed by atoms with van der Waals surface area (Å²) in [5.74, 6) is 5.36. The average molecular weight is 581 g/mol. The molecule has 11 nitrogen and oxygen atoms in total. The molecule has 3 rings (SSSR count). The fourth-order valence-corrected chi connectivity index (χ4v) is 3.77. The number of nitrogens with zero attached hydrogens (tertiary/aromatic N) is 2. The van der Waals surface area contributed by atoms with Crippen molar-refractivity contribution >= 4 is 35.2 Å². The molecule has 2 aromatic rings. The van der Waals surface area contributed by atoms with Gasteiger partial charge in [-0.2, -0.15) is 4.90 Å². The van der Waals surface area contributed by atoms with Gasteiger partial charge in [-0.1, -0.05) is 24.3 Å². The molecule has 42 heavy (non-hydrogen) atoms. The van der Waals surface area contributed by atoms with Crippen LogP contribution in [0.15, 0.2) is 72.3 Å². The highest BCUT2D eigenvalue weighted by atomic mass is 19.1. The number of hydrazine groups is 1. The highest BCUT2D eigenvalue weighted by molar-refractivity contribution is 6.00. The molecule has 12 heteroatoms. The SMILES string of the molecule is Cc1ccc(F)c(NC(=O)Nc2ccc(C3=CC=CN(N)/C3=C(\N)N(C(=O)OC(C)(C)C)C(=O)OC(C)(C)C)cc2)c1. The zero-order valence-corrected chi connectivity index (χ0v) is 24.7. The summed E-state index contributed by atoms with van der Waals surface area (Å²) in [6, 6.07) is 10.4. The quantitative estimate of drug-likeness (QED) is 0.314. The van der Waals surface area contributed by atoms with Crippen molar-refractivity contribution in [2.45, 2.75) is 59.7 Å². The molecule has 0 unspecified atom stereocenters. The first-order chi connectivity index (χ1) is 19.4. The van der Waals surface area contributed by atoms with E-state index in [9.17, 15) is 18.8 Å². The molecule has 0 saturated carbocycles. The number of halogens is 1. The number of carbonyl (C=O) groups excluding carboxylic acids is 3. The van der Waals surface area contributed by atoms with Gasteiger partial charge in [0, 0.05) is 17.5 Å². The molecule has 1 aliphatic rings. The minimum atomic E-state index is -1.04. The number of ether oxygens (including phenoxy) is 2. The van der Waals surface area contributed by atoms with E-state index in [4.69, 9.17) is 21.1 Å². The van der Waals surface area contributed by atoms with Gasteiger partial charge in [0.1, 0.15) is 28.5 Å². The van der Waals surface area contributed by atoms with E-state index in [1.807, 2.05) is 0 Å². The summed E-state index contributed by atoms with van der Waals surface area (Å²) in [6.45, 7) is 11.7. The second kappa shape index (κ2) is 12.4. The lowest BCUT2D eigenvalue weighted by Crippen LogP contribution is -2.47. The molecule has 1 aliphatic heterocycles. The normalized spacial score (nSPS) is 14.5. The van der Waals surface area contributed by atoms with Crippen LogP contribution < -0.4 is 22.2 Å². The number of hydrogen-bond acceptors (Lipinski definition) is 8. The number of anilines is 2. The number of hydrogen-bond donors (Lipinski definition) is 4. The molecule has 0 bridgehead atoms. The third-order valence-electron chi connectivity index (χ3n) is 5.48. The molecular formula is C30H37FN6O5. The third-order valence-corrected chi connectivity index (χ3v) is 5.48. The largest absolute Gasteiger partial charge is 0.443 e. The monoisotopic (exact) mass is 580 g/mol. The van der Waals surface area contributed by atoms with Gasteiger partial charge in [-0.25, -0.2) is 24.6 Å². The summed E-state index contributed by atoms with van der Waals surface area (Å²) < 4.78 is 24.9. The zero-order valence-electron chi connectivity index (χ0n) is 24.7. The Bertz CT molecular complexity index is 1420. The van der Waals surface area contributed by atoms with Crippen LogP contribution in [0.25, 0.3) is 5.57 Å². The first-order valence-electron chi connectivity index (χ1n) is 13.1. The molecule has 1 heterocycles. The maximum Gasteiger partial charge on any atom is 0.425 e. The van der Waals surface area contributed by atoms with E-state index in [2.05, 4.69) is 10.6 Å². The fourth-order valence-electron chi connectivity index (χ4n) is 3.77. The summed E-state index contributed by atoms with van der Waals surface area (Å²) in [5.41, 5.74) is 7.04. The summed E-state index contributed by atoms with van der Waals surface area (Å²) in [6.07, 6.45) is 2.77. The van der Waals surface area contributed by atoms with E-state index in [-0.39, 0.29) is 17.2 Å². The topological polar surface area (TPSA) is 152 Å². The Morgan fingerprint density at radius 2 is 1.48 bits per heavy atom. The number of rotatable bonds is 4. The molecule has 0 radical (unpaired) electrons. The van der Waals surface area contributed by atoms with Crippen molar-refractivity contribution in [3.05, 3.63) is 89.3 Å². The number of imide groups is 1. The molecule has 6 N–H and O–H groups in total. The lowest BCUT2D eigenvalue weighted by Gasteiger charge is -2.32. The van der Waals surface area contributed by atoms with E-state index >= 15 is 0 Å². The first kappa shape index (κ1) is 31.7. The third kappa shape index (κ3) is 8.33. The van der Waals surface area contributed by atoms with Crippen molar-refractivity contribution in [2.75, 3.05) is 10.6 Å². The molecule has 2 aromatic carbocycles. The fraction of sp³-hybridized carbons (Fsp3) is 0.300. The first-order valence-corrected chi connectivity index (χ1v) is 13.1. The van der Waals surface area contributed by atoms with Crippen LogP contribution in [-0.2, 0) is 9.47 Å². The van der Waals surface area contributed by atoms with Gasteiger partial charge in [0.15, 0.2) is 0 Å². The van der Waals surface area contributed by atoms with Crippen molar-refractivity contribution in [2.24, 2.45) is 11.6 Å². The van der Waals surface area contributed by atoms with E-state index in [1.165, 1.54) is 23.3 Å². The van der Waals surface area contributed by atoms with Crippen LogP contribution >= 0.6 is 0 Å². The number of allylic oxidation sites excluding steroid dienone is 3. The van der Waals surface area contributed by atoms with Crippen LogP contribution in [0.3, 0.4) is 0 Å². The minimum Gasteiger partial charge on any atom is -0.443 e. The van der Waals surface area contributed by atoms with Gasteiger partial charge < -0.3 is 25.8 Å². The molecule has 0 saturated heterocycles. The molecule has 4 amide bonds. The Balaban J connectivity index is 1.93. The maximum atomic E-state index is 14.0. The zero-order chi connectivity index (χ0) is 31.4. The van der Waals surface area contributed by atoms with Gasteiger partial charge >= 0.3 is 18.2 Å². The number of nitrogens with one attached hydrogen (secondary N) is 2. The second-order valence-corrected chi connectivity index (χ2v) is 11.5.